The van der Waals surface area contributed by atoms with Crippen LogP contribution in [0.2, 0.25) is 10.0 Å². The summed E-state index contributed by atoms with van der Waals surface area (Å²) in [5, 5.41) is 7.94. The first-order valence-corrected chi connectivity index (χ1v) is 10.8. The molecule has 0 radical (unpaired) electrons. The lowest BCUT2D eigenvalue weighted by molar-refractivity contribution is -0.364. The van der Waals surface area contributed by atoms with Crippen molar-refractivity contribution >= 4 is 52.3 Å². The smallest absolute Gasteiger partial charge is 0.274 e. The van der Waals surface area contributed by atoms with E-state index in [1.165, 1.54) is 0 Å². The van der Waals surface area contributed by atoms with E-state index in [2.05, 4.69) is 20.4 Å². The summed E-state index contributed by atoms with van der Waals surface area (Å²) in [6, 6.07) is 11.1. The van der Waals surface area contributed by atoms with E-state index in [4.69, 9.17) is 39.9 Å². The number of amides is 1. The van der Waals surface area contributed by atoms with Crippen molar-refractivity contribution in [3.8, 4) is 11.3 Å². The minimum Gasteiger partial charge on any atom is -0.360 e. The van der Waals surface area contributed by atoms with Crippen LogP contribution in [0.1, 0.15) is 16.1 Å². The number of nitrogens with one attached hydrogen (secondary N) is 2. The summed E-state index contributed by atoms with van der Waals surface area (Å²) < 4.78 is 5.28. The van der Waals surface area contributed by atoms with Crippen molar-refractivity contribution in [3.05, 3.63) is 64.0 Å². The molecule has 160 valence electrons. The lowest BCUT2D eigenvalue weighted by Crippen LogP contribution is -2.53. The molecule has 2 aromatic heterocycles. The zero-order chi connectivity index (χ0) is 22.0. The molecule has 0 atom stereocenters. The molecule has 0 saturated carbocycles. The molecule has 3 aromatic rings. The maximum absolute atomic E-state index is 13.1. The number of benzene rings is 1. The summed E-state index contributed by atoms with van der Waals surface area (Å²) in [7, 11) is 0. The number of halogens is 2. The summed E-state index contributed by atoms with van der Waals surface area (Å²) in [6.07, 6.45) is 1.90. The van der Waals surface area contributed by atoms with Gasteiger partial charge in [-0.05, 0) is 37.3 Å². The number of aromatic amines is 1. The van der Waals surface area contributed by atoms with E-state index in [1.807, 2.05) is 29.3 Å². The number of piperazine rings is 1. The van der Waals surface area contributed by atoms with E-state index in [9.17, 15) is 4.79 Å². The molecule has 1 aliphatic rings. The van der Waals surface area contributed by atoms with Crippen LogP contribution >= 0.6 is 35.4 Å². The van der Waals surface area contributed by atoms with Crippen molar-refractivity contribution < 1.29 is 14.3 Å². The van der Waals surface area contributed by atoms with Gasteiger partial charge in [-0.1, -0.05) is 40.5 Å². The summed E-state index contributed by atoms with van der Waals surface area (Å²) in [5.41, 5.74) is 0.999. The highest BCUT2D eigenvalue weighted by Crippen LogP contribution is 2.36. The lowest BCUT2D eigenvalue weighted by atomic mass is 10.1. The predicted octanol–water partition coefficient (Wildman–Crippen LogP) is 3.61. The van der Waals surface area contributed by atoms with Gasteiger partial charge >= 0.3 is 0 Å². The minimum absolute atomic E-state index is 0.259. The standard InChI is InChI=1S/C21H19Cl2N5O2S/c1-13-17(19(26-30-13)18-14(22)5-4-6-15(18)23)20(29)25-21(31)28-11-9-27(10-12-28)16-7-2-3-8-24-16/h2-8H,9-12H2,1H3,(H,25,29,31)/p+1. The van der Waals surface area contributed by atoms with Gasteiger partial charge in [0, 0.05) is 11.6 Å². The van der Waals surface area contributed by atoms with E-state index in [0.717, 1.165) is 18.9 Å². The highest BCUT2D eigenvalue weighted by molar-refractivity contribution is 7.80. The first-order chi connectivity index (χ1) is 15.0. The summed E-state index contributed by atoms with van der Waals surface area (Å²) in [4.78, 5) is 20.5. The Hall–Kier alpha value is -2.68. The molecule has 0 aliphatic carbocycles. The summed E-state index contributed by atoms with van der Waals surface area (Å²) >= 11 is 18.1. The number of H-pyrrole nitrogens is 1. The third-order valence-electron chi connectivity index (χ3n) is 5.11. The van der Waals surface area contributed by atoms with Crippen molar-refractivity contribution in [1.29, 1.82) is 0 Å². The average molecular weight is 477 g/mol. The third-order valence-corrected chi connectivity index (χ3v) is 6.10. The number of thiocarbonyl (C=S) groups is 1. The van der Waals surface area contributed by atoms with Crippen molar-refractivity contribution in [3.63, 3.8) is 0 Å². The fourth-order valence-corrected chi connectivity index (χ4v) is 4.36. The molecule has 1 fully saturated rings. The number of aryl methyl sites for hydroxylation is 1. The van der Waals surface area contributed by atoms with E-state index in [1.54, 1.807) is 25.1 Å². The normalized spacial score (nSPS) is 13.9. The molecule has 0 spiro atoms. The van der Waals surface area contributed by atoms with Gasteiger partial charge in [-0.15, -0.1) is 0 Å². The molecule has 31 heavy (non-hydrogen) atoms. The Bertz CT molecular complexity index is 1090. The quantitative estimate of drug-likeness (QED) is 0.581. The van der Waals surface area contributed by atoms with Gasteiger partial charge in [0.15, 0.2) is 5.11 Å². The van der Waals surface area contributed by atoms with Gasteiger partial charge in [-0.2, -0.15) is 0 Å². The Morgan fingerprint density at radius 1 is 1.13 bits per heavy atom. The Kier molecular flexibility index (Phi) is 6.41. The lowest BCUT2D eigenvalue weighted by Gasteiger charge is -2.32. The first-order valence-electron chi connectivity index (χ1n) is 9.68. The van der Waals surface area contributed by atoms with Crippen molar-refractivity contribution in [1.82, 2.24) is 15.4 Å². The average Bonchev–Trinajstić information content (AvgIpc) is 3.15. The number of nitrogens with zero attached hydrogens (tertiary/aromatic N) is 3. The SMILES string of the molecule is Cc1onc(-c2c(Cl)cccc2Cl)c1C(=O)NC(=S)N1CCN(c2cccc[nH+]2)CC1. The Balaban J connectivity index is 1.46. The van der Waals surface area contributed by atoms with Crippen LogP contribution in [0.4, 0.5) is 5.82 Å². The number of carbonyl (C=O) groups excluding carboxylic acids is 1. The topological polar surface area (TPSA) is 75.8 Å². The van der Waals surface area contributed by atoms with Crippen molar-refractivity contribution in [2.45, 2.75) is 6.92 Å². The number of hydrogen-bond donors (Lipinski definition) is 1. The molecular weight excluding hydrogens is 457 g/mol. The number of pyridine rings is 1. The fourth-order valence-electron chi connectivity index (χ4n) is 3.50. The Morgan fingerprint density at radius 2 is 1.84 bits per heavy atom. The van der Waals surface area contributed by atoms with Gasteiger partial charge in [-0.3, -0.25) is 15.0 Å². The van der Waals surface area contributed by atoms with Crippen LogP contribution in [0.15, 0.2) is 47.1 Å². The van der Waals surface area contributed by atoms with Gasteiger partial charge in [0.1, 0.15) is 30.1 Å². The van der Waals surface area contributed by atoms with Crippen LogP contribution in [-0.2, 0) is 0 Å². The molecule has 1 amide bonds. The second kappa shape index (κ2) is 9.21. The van der Waals surface area contributed by atoms with E-state index in [0.29, 0.717) is 39.6 Å². The highest BCUT2D eigenvalue weighted by atomic mass is 35.5. The van der Waals surface area contributed by atoms with Crippen LogP contribution in [0.3, 0.4) is 0 Å². The van der Waals surface area contributed by atoms with E-state index < -0.39 is 5.91 Å². The molecule has 4 rings (SSSR count). The molecule has 2 N–H and O–H groups in total. The fraction of sp³-hybridized carbons (Fsp3) is 0.238. The van der Waals surface area contributed by atoms with Gasteiger partial charge in [-0.25, -0.2) is 4.98 Å². The zero-order valence-electron chi connectivity index (χ0n) is 16.7. The summed E-state index contributed by atoms with van der Waals surface area (Å²) in [5.74, 6) is 1.00. The maximum Gasteiger partial charge on any atom is 0.274 e. The number of aromatic nitrogens is 2. The number of hydrogen-bond acceptors (Lipinski definition) is 5. The molecule has 1 aromatic carbocycles. The molecule has 10 heteroatoms. The molecule has 0 unspecified atom stereocenters. The monoisotopic (exact) mass is 476 g/mol. The van der Waals surface area contributed by atoms with E-state index in [-0.39, 0.29) is 11.3 Å². The van der Waals surface area contributed by atoms with Crippen LogP contribution in [0.5, 0.6) is 0 Å². The Labute approximate surface area is 194 Å². The van der Waals surface area contributed by atoms with Crippen molar-refractivity contribution in [2.75, 3.05) is 31.1 Å². The number of carbonyl (C=O) groups is 1. The van der Waals surface area contributed by atoms with Gasteiger partial charge < -0.3 is 9.42 Å². The first kappa shape index (κ1) is 21.5. The molecule has 1 aliphatic heterocycles. The number of anilines is 1. The predicted molar refractivity (Wildman–Crippen MR) is 124 cm³/mol. The highest BCUT2D eigenvalue weighted by Gasteiger charge is 2.28. The summed E-state index contributed by atoms with van der Waals surface area (Å²) in [6.45, 7) is 4.60. The molecule has 3 heterocycles. The van der Waals surface area contributed by atoms with Crippen molar-refractivity contribution in [2.24, 2.45) is 0 Å². The molecular formula is C21H20Cl2N5O2S+. The van der Waals surface area contributed by atoms with Gasteiger partial charge in [0.2, 0.25) is 0 Å². The van der Waals surface area contributed by atoms with E-state index >= 15 is 0 Å². The van der Waals surface area contributed by atoms with Crippen LogP contribution < -0.4 is 15.2 Å². The second-order valence-electron chi connectivity index (χ2n) is 7.04. The Morgan fingerprint density at radius 3 is 2.48 bits per heavy atom. The number of rotatable bonds is 3. The van der Waals surface area contributed by atoms with Crippen LogP contribution in [-0.4, -0.2) is 47.3 Å². The third kappa shape index (κ3) is 4.51. The van der Waals surface area contributed by atoms with Crippen LogP contribution in [0.25, 0.3) is 11.3 Å². The van der Waals surface area contributed by atoms with Gasteiger partial charge in [0.05, 0.1) is 29.3 Å². The molecule has 1 saturated heterocycles. The van der Waals surface area contributed by atoms with Crippen LogP contribution in [0, 0.1) is 6.92 Å². The maximum atomic E-state index is 13.1. The molecule has 0 bridgehead atoms. The zero-order valence-corrected chi connectivity index (χ0v) is 19.0. The second-order valence-corrected chi connectivity index (χ2v) is 8.24. The molecule has 7 nitrogen and oxygen atoms in total. The minimum atomic E-state index is -0.409. The largest absolute Gasteiger partial charge is 0.360 e. The van der Waals surface area contributed by atoms with Gasteiger partial charge in [0.25, 0.3) is 11.7 Å².